The van der Waals surface area contributed by atoms with Crippen molar-refractivity contribution in [3.05, 3.63) is 46.2 Å². The third kappa shape index (κ3) is 2.68. The van der Waals surface area contributed by atoms with E-state index in [0.717, 1.165) is 23.1 Å². The molecule has 0 amide bonds. The molecule has 0 atom stereocenters. The smallest absolute Gasteiger partial charge is 0.0725 e. The largest absolute Gasteiger partial charge is 0.330 e. The summed E-state index contributed by atoms with van der Waals surface area (Å²) >= 11 is 3.41. The van der Waals surface area contributed by atoms with Crippen LogP contribution in [0.1, 0.15) is 11.3 Å². The monoisotopic (exact) mass is 280 g/mol. The van der Waals surface area contributed by atoms with E-state index >= 15 is 0 Å². The minimum absolute atomic E-state index is 0.619. The third-order valence-electron chi connectivity index (χ3n) is 2.34. The van der Waals surface area contributed by atoms with Crippen molar-refractivity contribution >= 4 is 15.9 Å². The molecule has 0 saturated carbocycles. The van der Waals surface area contributed by atoms with Crippen molar-refractivity contribution in [2.45, 2.75) is 13.0 Å². The molecule has 2 N–H and O–H groups in total. The Morgan fingerprint density at radius 2 is 2.00 bits per heavy atom. The van der Waals surface area contributed by atoms with Gasteiger partial charge in [0, 0.05) is 10.9 Å². The molecule has 0 aliphatic carbocycles. The minimum atomic E-state index is 0.619. The Balaban J connectivity index is 2.13. The quantitative estimate of drug-likeness (QED) is 0.926. The molecular formula is C11H13BrN4. The van der Waals surface area contributed by atoms with Gasteiger partial charge in [-0.2, -0.15) is 0 Å². The lowest BCUT2D eigenvalue weighted by molar-refractivity contribution is 0.617. The zero-order chi connectivity index (χ0) is 11.4. The summed E-state index contributed by atoms with van der Waals surface area (Å²) in [5.41, 5.74) is 7.80. The van der Waals surface area contributed by atoms with Crippen LogP contribution >= 0.6 is 15.9 Å². The Hall–Kier alpha value is -1.20. The number of hydrogen-bond donors (Lipinski definition) is 1. The van der Waals surface area contributed by atoms with Gasteiger partial charge in [0.1, 0.15) is 0 Å². The van der Waals surface area contributed by atoms with Crippen molar-refractivity contribution in [3.8, 4) is 0 Å². The first kappa shape index (κ1) is 11.3. The van der Waals surface area contributed by atoms with Gasteiger partial charge < -0.3 is 5.73 Å². The maximum absolute atomic E-state index is 5.53. The topological polar surface area (TPSA) is 56.7 Å². The molecule has 4 nitrogen and oxygen atoms in total. The first-order valence-corrected chi connectivity index (χ1v) is 5.91. The summed E-state index contributed by atoms with van der Waals surface area (Å²) in [6.45, 7) is 1.36. The number of benzene rings is 1. The second-order valence-corrected chi connectivity index (χ2v) is 4.46. The van der Waals surface area contributed by atoms with E-state index in [0.29, 0.717) is 6.54 Å². The molecule has 5 heteroatoms. The lowest BCUT2D eigenvalue weighted by atomic mass is 10.2. The SMILES string of the molecule is NCCc1cnnn1Cc1ccc(Br)cc1. The molecule has 84 valence electrons. The van der Waals surface area contributed by atoms with Crippen molar-refractivity contribution < 1.29 is 0 Å². The van der Waals surface area contributed by atoms with Gasteiger partial charge in [-0.25, -0.2) is 4.68 Å². The van der Waals surface area contributed by atoms with Gasteiger partial charge >= 0.3 is 0 Å². The van der Waals surface area contributed by atoms with E-state index in [-0.39, 0.29) is 0 Å². The Labute approximate surface area is 103 Å². The molecule has 1 aromatic carbocycles. The fourth-order valence-electron chi connectivity index (χ4n) is 1.52. The Morgan fingerprint density at radius 1 is 1.25 bits per heavy atom. The van der Waals surface area contributed by atoms with Crippen molar-refractivity contribution in [2.24, 2.45) is 5.73 Å². The molecule has 0 unspecified atom stereocenters. The van der Waals surface area contributed by atoms with Crippen molar-refractivity contribution in [2.75, 3.05) is 6.54 Å². The summed E-state index contributed by atoms with van der Waals surface area (Å²) < 4.78 is 2.97. The zero-order valence-electron chi connectivity index (χ0n) is 8.81. The molecule has 0 aliphatic heterocycles. The maximum Gasteiger partial charge on any atom is 0.0725 e. The van der Waals surface area contributed by atoms with Gasteiger partial charge in [0.25, 0.3) is 0 Å². The van der Waals surface area contributed by atoms with Crippen molar-refractivity contribution in [3.63, 3.8) is 0 Å². The van der Waals surface area contributed by atoms with Gasteiger partial charge in [-0.05, 0) is 24.2 Å². The van der Waals surface area contributed by atoms with Crippen LogP contribution in [0, 0.1) is 0 Å². The third-order valence-corrected chi connectivity index (χ3v) is 2.87. The van der Waals surface area contributed by atoms with E-state index < -0.39 is 0 Å². The molecule has 0 spiro atoms. The number of hydrogen-bond acceptors (Lipinski definition) is 3. The van der Waals surface area contributed by atoms with Crippen LogP contribution in [0.4, 0.5) is 0 Å². The van der Waals surface area contributed by atoms with E-state index in [1.807, 2.05) is 16.8 Å². The first-order chi connectivity index (χ1) is 7.79. The Morgan fingerprint density at radius 3 is 2.69 bits per heavy atom. The van der Waals surface area contributed by atoms with E-state index in [1.165, 1.54) is 5.56 Å². The van der Waals surface area contributed by atoms with Crippen LogP contribution in [0.5, 0.6) is 0 Å². The fraction of sp³-hybridized carbons (Fsp3) is 0.273. The van der Waals surface area contributed by atoms with E-state index in [4.69, 9.17) is 5.73 Å². The fourth-order valence-corrected chi connectivity index (χ4v) is 1.78. The van der Waals surface area contributed by atoms with Crippen LogP contribution in [0.15, 0.2) is 34.9 Å². The maximum atomic E-state index is 5.53. The van der Waals surface area contributed by atoms with Crippen LogP contribution in [0.3, 0.4) is 0 Å². The summed E-state index contributed by atoms with van der Waals surface area (Å²) in [7, 11) is 0. The average Bonchev–Trinajstić information content (AvgIpc) is 2.70. The lowest BCUT2D eigenvalue weighted by Gasteiger charge is -2.05. The lowest BCUT2D eigenvalue weighted by Crippen LogP contribution is -2.11. The summed E-state index contributed by atoms with van der Waals surface area (Å²) in [6.07, 6.45) is 2.58. The standard InChI is InChI=1S/C11H13BrN4/c12-10-3-1-9(2-4-10)8-16-11(5-6-13)7-14-15-16/h1-4,7H,5-6,8,13H2. The second kappa shape index (κ2) is 5.23. The molecule has 0 saturated heterocycles. The van der Waals surface area contributed by atoms with Gasteiger partial charge in [0.05, 0.1) is 18.4 Å². The van der Waals surface area contributed by atoms with Gasteiger partial charge in [-0.3, -0.25) is 0 Å². The highest BCUT2D eigenvalue weighted by atomic mass is 79.9. The molecule has 16 heavy (non-hydrogen) atoms. The second-order valence-electron chi connectivity index (χ2n) is 3.55. The zero-order valence-corrected chi connectivity index (χ0v) is 10.4. The van der Waals surface area contributed by atoms with Gasteiger partial charge in [0.2, 0.25) is 0 Å². The highest BCUT2D eigenvalue weighted by Crippen LogP contribution is 2.11. The molecule has 0 radical (unpaired) electrons. The normalized spacial score (nSPS) is 10.6. The Bertz CT molecular complexity index is 449. The number of rotatable bonds is 4. The average molecular weight is 281 g/mol. The van der Waals surface area contributed by atoms with Crippen LogP contribution in [-0.4, -0.2) is 21.5 Å². The molecule has 0 aliphatic rings. The number of nitrogens with zero attached hydrogens (tertiary/aromatic N) is 3. The first-order valence-electron chi connectivity index (χ1n) is 5.11. The predicted molar refractivity (Wildman–Crippen MR) is 66.0 cm³/mol. The molecule has 1 aromatic heterocycles. The molecule has 2 rings (SSSR count). The minimum Gasteiger partial charge on any atom is -0.330 e. The summed E-state index contributed by atoms with van der Waals surface area (Å²) in [5, 5.41) is 7.95. The molecular weight excluding hydrogens is 268 g/mol. The van der Waals surface area contributed by atoms with Crippen LogP contribution in [0.25, 0.3) is 0 Å². The van der Waals surface area contributed by atoms with E-state index in [9.17, 15) is 0 Å². The summed E-state index contributed by atoms with van der Waals surface area (Å²) in [6, 6.07) is 8.18. The highest BCUT2D eigenvalue weighted by molar-refractivity contribution is 9.10. The molecule has 0 bridgehead atoms. The molecule has 2 aromatic rings. The van der Waals surface area contributed by atoms with Crippen LogP contribution in [-0.2, 0) is 13.0 Å². The van der Waals surface area contributed by atoms with E-state index in [1.54, 1.807) is 6.20 Å². The van der Waals surface area contributed by atoms with Gasteiger partial charge in [-0.15, -0.1) is 5.10 Å². The van der Waals surface area contributed by atoms with E-state index in [2.05, 4.69) is 38.4 Å². The Kier molecular flexibility index (Phi) is 3.69. The highest BCUT2D eigenvalue weighted by Gasteiger charge is 2.03. The molecule has 1 heterocycles. The number of aromatic nitrogens is 3. The number of halogens is 1. The van der Waals surface area contributed by atoms with Gasteiger partial charge in [0.15, 0.2) is 0 Å². The predicted octanol–water partition coefficient (Wildman–Crippen LogP) is 1.59. The van der Waals surface area contributed by atoms with Crippen LogP contribution < -0.4 is 5.73 Å². The number of nitrogens with two attached hydrogens (primary N) is 1. The molecule has 0 fully saturated rings. The van der Waals surface area contributed by atoms with Crippen molar-refractivity contribution in [1.29, 1.82) is 0 Å². The van der Waals surface area contributed by atoms with Gasteiger partial charge in [-0.1, -0.05) is 33.3 Å². The summed E-state index contributed by atoms with van der Waals surface area (Å²) in [4.78, 5) is 0. The van der Waals surface area contributed by atoms with Crippen molar-refractivity contribution in [1.82, 2.24) is 15.0 Å². The summed E-state index contributed by atoms with van der Waals surface area (Å²) in [5.74, 6) is 0. The van der Waals surface area contributed by atoms with Crippen LogP contribution in [0.2, 0.25) is 0 Å².